The molecule has 1 heterocycles. The summed E-state index contributed by atoms with van der Waals surface area (Å²) in [5.74, 6) is 0.633. The standard InChI is InChI=1S/C12H14O5/c1-2-15-12(14)8-3-4-10-11(5-8)17-9(6-13)7-16-10/h3-5,9,13H,2,6-7H2,1H3. The molecule has 0 amide bonds. The molecule has 0 fully saturated rings. The zero-order valence-electron chi connectivity index (χ0n) is 9.51. The van der Waals surface area contributed by atoms with Crippen molar-refractivity contribution in [3.05, 3.63) is 23.8 Å². The van der Waals surface area contributed by atoms with E-state index in [0.29, 0.717) is 30.3 Å². The second-order valence-corrected chi connectivity index (χ2v) is 3.62. The normalized spacial score (nSPS) is 17.6. The lowest BCUT2D eigenvalue weighted by molar-refractivity contribution is 0.0445. The molecule has 5 heteroatoms. The number of hydrogen-bond acceptors (Lipinski definition) is 5. The van der Waals surface area contributed by atoms with Crippen LogP contribution in [-0.4, -0.2) is 37.0 Å². The molecule has 1 aromatic carbocycles. The lowest BCUT2D eigenvalue weighted by atomic mass is 10.2. The highest BCUT2D eigenvalue weighted by Crippen LogP contribution is 2.32. The molecule has 0 aliphatic carbocycles. The van der Waals surface area contributed by atoms with Gasteiger partial charge in [-0.1, -0.05) is 0 Å². The highest BCUT2D eigenvalue weighted by molar-refractivity contribution is 5.90. The van der Waals surface area contributed by atoms with Gasteiger partial charge >= 0.3 is 5.97 Å². The fourth-order valence-electron chi connectivity index (χ4n) is 1.55. The summed E-state index contributed by atoms with van der Waals surface area (Å²) >= 11 is 0. The molecular formula is C12H14O5. The summed E-state index contributed by atoms with van der Waals surface area (Å²) in [6, 6.07) is 4.85. The molecule has 5 nitrogen and oxygen atoms in total. The van der Waals surface area contributed by atoms with Gasteiger partial charge in [0.25, 0.3) is 0 Å². The average Bonchev–Trinajstić information content (AvgIpc) is 2.37. The van der Waals surface area contributed by atoms with Crippen LogP contribution in [0.4, 0.5) is 0 Å². The van der Waals surface area contributed by atoms with Gasteiger partial charge in [0.2, 0.25) is 0 Å². The first-order valence-electron chi connectivity index (χ1n) is 5.46. The first-order chi connectivity index (χ1) is 8.24. The Morgan fingerprint density at radius 2 is 2.35 bits per heavy atom. The number of fused-ring (bicyclic) bond motifs is 1. The maximum absolute atomic E-state index is 11.5. The van der Waals surface area contributed by atoms with E-state index in [4.69, 9.17) is 19.3 Å². The Labute approximate surface area is 98.9 Å². The fourth-order valence-corrected chi connectivity index (χ4v) is 1.55. The maximum Gasteiger partial charge on any atom is 0.338 e. The van der Waals surface area contributed by atoms with Gasteiger partial charge in [-0.3, -0.25) is 0 Å². The van der Waals surface area contributed by atoms with Crippen molar-refractivity contribution >= 4 is 5.97 Å². The van der Waals surface area contributed by atoms with Gasteiger partial charge < -0.3 is 19.3 Å². The van der Waals surface area contributed by atoms with E-state index in [2.05, 4.69) is 0 Å². The van der Waals surface area contributed by atoms with Gasteiger partial charge in [-0.2, -0.15) is 0 Å². The molecule has 1 atom stereocenters. The van der Waals surface area contributed by atoms with Crippen LogP contribution in [0.25, 0.3) is 0 Å². The molecule has 0 aromatic heterocycles. The lowest BCUT2D eigenvalue weighted by Crippen LogP contribution is -2.32. The third-order valence-electron chi connectivity index (χ3n) is 2.38. The molecule has 0 saturated carbocycles. The van der Waals surface area contributed by atoms with E-state index in [1.165, 1.54) is 0 Å². The van der Waals surface area contributed by atoms with Gasteiger partial charge in [0, 0.05) is 0 Å². The lowest BCUT2D eigenvalue weighted by Gasteiger charge is -2.25. The summed E-state index contributed by atoms with van der Waals surface area (Å²) in [4.78, 5) is 11.5. The van der Waals surface area contributed by atoms with Crippen LogP contribution in [0, 0.1) is 0 Å². The Bertz CT molecular complexity index is 415. The van der Waals surface area contributed by atoms with E-state index in [0.717, 1.165) is 0 Å². The number of carbonyl (C=O) groups is 1. The number of aliphatic hydroxyl groups is 1. The van der Waals surface area contributed by atoms with E-state index >= 15 is 0 Å². The third-order valence-corrected chi connectivity index (χ3v) is 2.38. The van der Waals surface area contributed by atoms with Crippen molar-refractivity contribution in [2.75, 3.05) is 19.8 Å². The Balaban J connectivity index is 2.21. The summed E-state index contributed by atoms with van der Waals surface area (Å²) in [6.07, 6.45) is -0.389. The molecule has 1 aliphatic rings. The van der Waals surface area contributed by atoms with Crippen molar-refractivity contribution in [3.63, 3.8) is 0 Å². The SMILES string of the molecule is CCOC(=O)c1ccc2c(c1)OC(CO)CO2. The largest absolute Gasteiger partial charge is 0.486 e. The molecule has 1 unspecified atom stereocenters. The predicted molar refractivity (Wildman–Crippen MR) is 59.4 cm³/mol. The van der Waals surface area contributed by atoms with Crippen LogP contribution in [0.15, 0.2) is 18.2 Å². The van der Waals surface area contributed by atoms with Crippen LogP contribution in [-0.2, 0) is 4.74 Å². The number of benzene rings is 1. The molecule has 2 rings (SSSR count). The first kappa shape index (κ1) is 11.7. The monoisotopic (exact) mass is 238 g/mol. The zero-order chi connectivity index (χ0) is 12.3. The van der Waals surface area contributed by atoms with Crippen LogP contribution < -0.4 is 9.47 Å². The van der Waals surface area contributed by atoms with Gasteiger partial charge in [0.1, 0.15) is 6.61 Å². The van der Waals surface area contributed by atoms with Crippen LogP contribution >= 0.6 is 0 Å². The highest BCUT2D eigenvalue weighted by Gasteiger charge is 2.21. The van der Waals surface area contributed by atoms with Gasteiger partial charge in [-0.25, -0.2) is 4.79 Å². The van der Waals surface area contributed by atoms with Gasteiger partial charge in [-0.15, -0.1) is 0 Å². The molecule has 0 spiro atoms. The Hall–Kier alpha value is -1.75. The minimum Gasteiger partial charge on any atom is -0.486 e. The zero-order valence-corrected chi connectivity index (χ0v) is 9.51. The maximum atomic E-state index is 11.5. The van der Waals surface area contributed by atoms with Crippen molar-refractivity contribution in [2.45, 2.75) is 13.0 Å². The third kappa shape index (κ3) is 2.50. The number of rotatable bonds is 3. The first-order valence-corrected chi connectivity index (χ1v) is 5.46. The van der Waals surface area contributed by atoms with Crippen molar-refractivity contribution in [1.29, 1.82) is 0 Å². The minimum absolute atomic E-state index is 0.122. The van der Waals surface area contributed by atoms with E-state index in [9.17, 15) is 4.79 Å². The van der Waals surface area contributed by atoms with E-state index in [-0.39, 0.29) is 12.7 Å². The fraction of sp³-hybridized carbons (Fsp3) is 0.417. The Kier molecular flexibility index (Phi) is 3.49. The van der Waals surface area contributed by atoms with Gasteiger partial charge in [0.15, 0.2) is 17.6 Å². The summed E-state index contributed by atoms with van der Waals surface area (Å²) in [7, 11) is 0. The van der Waals surface area contributed by atoms with Crippen LogP contribution in [0.1, 0.15) is 17.3 Å². The number of aliphatic hydroxyl groups excluding tert-OH is 1. The number of hydrogen-bond donors (Lipinski definition) is 1. The number of esters is 1. The van der Waals surface area contributed by atoms with Gasteiger partial charge in [0.05, 0.1) is 18.8 Å². The molecular weight excluding hydrogens is 224 g/mol. The highest BCUT2D eigenvalue weighted by atomic mass is 16.6. The van der Waals surface area contributed by atoms with E-state index in [1.807, 2.05) is 0 Å². The smallest absolute Gasteiger partial charge is 0.338 e. The second kappa shape index (κ2) is 5.05. The van der Waals surface area contributed by atoms with Gasteiger partial charge in [-0.05, 0) is 25.1 Å². The molecule has 0 bridgehead atoms. The summed E-state index contributed by atoms with van der Waals surface area (Å²) in [5, 5.41) is 8.98. The van der Waals surface area contributed by atoms with Crippen molar-refractivity contribution in [1.82, 2.24) is 0 Å². The van der Waals surface area contributed by atoms with Crippen molar-refractivity contribution in [3.8, 4) is 11.5 Å². The van der Waals surface area contributed by atoms with Crippen LogP contribution in [0.5, 0.6) is 11.5 Å². The van der Waals surface area contributed by atoms with Crippen LogP contribution in [0.2, 0.25) is 0 Å². The quantitative estimate of drug-likeness (QED) is 0.796. The Morgan fingerprint density at radius 1 is 1.53 bits per heavy atom. The molecule has 1 aromatic rings. The molecule has 1 N–H and O–H groups in total. The average molecular weight is 238 g/mol. The summed E-state index contributed by atoms with van der Waals surface area (Å²) in [6.45, 7) is 2.26. The number of ether oxygens (including phenoxy) is 3. The van der Waals surface area contributed by atoms with Crippen molar-refractivity contribution in [2.24, 2.45) is 0 Å². The summed E-state index contributed by atoms with van der Waals surface area (Å²) < 4.78 is 15.7. The minimum atomic E-state index is -0.398. The second-order valence-electron chi connectivity index (χ2n) is 3.62. The molecule has 1 aliphatic heterocycles. The van der Waals surface area contributed by atoms with E-state index < -0.39 is 5.97 Å². The molecule has 17 heavy (non-hydrogen) atoms. The van der Waals surface area contributed by atoms with Crippen molar-refractivity contribution < 1.29 is 24.1 Å². The Morgan fingerprint density at radius 3 is 3.06 bits per heavy atom. The predicted octanol–water partition coefficient (Wildman–Crippen LogP) is 0.995. The van der Waals surface area contributed by atoms with E-state index in [1.54, 1.807) is 25.1 Å². The number of carbonyl (C=O) groups excluding carboxylic acids is 1. The molecule has 92 valence electrons. The topological polar surface area (TPSA) is 65.0 Å². The molecule has 0 radical (unpaired) electrons. The molecule has 0 saturated heterocycles. The van der Waals surface area contributed by atoms with Crippen LogP contribution in [0.3, 0.4) is 0 Å². The summed E-state index contributed by atoms with van der Waals surface area (Å²) in [5.41, 5.74) is 0.410.